The number of nitrogens with zero attached hydrogens (tertiary/aromatic N) is 3. The molecule has 0 atom stereocenters. The van der Waals surface area contributed by atoms with Crippen molar-refractivity contribution in [2.45, 2.75) is 20.3 Å². The van der Waals surface area contributed by atoms with Crippen molar-refractivity contribution < 1.29 is 9.53 Å². The largest absolute Gasteiger partial charge is 0.462 e. The van der Waals surface area contributed by atoms with Crippen molar-refractivity contribution in [3.05, 3.63) is 35.8 Å². The van der Waals surface area contributed by atoms with Crippen molar-refractivity contribution in [1.82, 2.24) is 14.8 Å². The molecule has 0 spiro atoms. The van der Waals surface area contributed by atoms with Gasteiger partial charge in [0.05, 0.1) is 18.0 Å². The van der Waals surface area contributed by atoms with Gasteiger partial charge in [-0.3, -0.25) is 4.68 Å². The number of pyridine rings is 1. The maximum Gasteiger partial charge on any atom is 0.341 e. The molecule has 2 aromatic heterocycles. The number of carbonyl (C=O) groups excluding carboxylic acids is 1. The lowest BCUT2D eigenvalue weighted by molar-refractivity contribution is 0.0527. The molecule has 2 rings (SSSR count). The number of aromatic nitrogens is 3. The van der Waals surface area contributed by atoms with Gasteiger partial charge in [0.1, 0.15) is 11.4 Å². The quantitative estimate of drug-likeness (QED) is 0.847. The number of ether oxygens (including phenoxy) is 1. The van der Waals surface area contributed by atoms with Crippen molar-refractivity contribution >= 4 is 17.5 Å². The van der Waals surface area contributed by atoms with Crippen LogP contribution in [0.3, 0.4) is 0 Å². The van der Waals surface area contributed by atoms with Gasteiger partial charge in [0.2, 0.25) is 0 Å². The Hall–Kier alpha value is -2.37. The van der Waals surface area contributed by atoms with Crippen LogP contribution in [0.5, 0.6) is 0 Å². The molecule has 0 aliphatic rings. The molecule has 0 unspecified atom stereocenters. The van der Waals surface area contributed by atoms with E-state index in [0.717, 1.165) is 17.8 Å². The monoisotopic (exact) mass is 274 g/mol. The molecule has 20 heavy (non-hydrogen) atoms. The fraction of sp³-hybridized carbons (Fsp3) is 0.357. The summed E-state index contributed by atoms with van der Waals surface area (Å²) in [4.78, 5) is 16.1. The Morgan fingerprint density at radius 1 is 1.45 bits per heavy atom. The Morgan fingerprint density at radius 3 is 2.95 bits per heavy atom. The topological polar surface area (TPSA) is 69.0 Å². The first kappa shape index (κ1) is 14.0. The lowest BCUT2D eigenvalue weighted by Crippen LogP contribution is -2.09. The van der Waals surface area contributed by atoms with E-state index in [4.69, 9.17) is 4.74 Å². The summed E-state index contributed by atoms with van der Waals surface area (Å²) in [5, 5.41) is 7.50. The van der Waals surface area contributed by atoms with Gasteiger partial charge in [-0.1, -0.05) is 6.92 Å². The molecule has 6 nitrogen and oxygen atoms in total. The van der Waals surface area contributed by atoms with Crippen LogP contribution in [0.4, 0.5) is 11.5 Å². The first-order chi connectivity index (χ1) is 9.65. The average molecular weight is 274 g/mol. The lowest BCUT2D eigenvalue weighted by atomic mass is 10.2. The summed E-state index contributed by atoms with van der Waals surface area (Å²) in [5.74, 6) is 0.0960. The second kappa shape index (κ2) is 6.18. The van der Waals surface area contributed by atoms with Crippen LogP contribution in [0, 0.1) is 0 Å². The average Bonchev–Trinajstić information content (AvgIpc) is 2.79. The van der Waals surface area contributed by atoms with Crippen LogP contribution in [-0.2, 0) is 18.2 Å². The summed E-state index contributed by atoms with van der Waals surface area (Å²) >= 11 is 0. The van der Waals surface area contributed by atoms with Crippen molar-refractivity contribution in [3.8, 4) is 0 Å². The van der Waals surface area contributed by atoms with Crippen LogP contribution in [0.25, 0.3) is 0 Å². The predicted molar refractivity (Wildman–Crippen MR) is 76.1 cm³/mol. The number of esters is 1. The van der Waals surface area contributed by atoms with Gasteiger partial charge < -0.3 is 10.1 Å². The standard InChI is InChI=1S/C14H18N4O2/c1-4-11-12(9-18(3)17-11)16-13-10(7-6-8-15-13)14(19)20-5-2/h6-9H,4-5H2,1-3H3,(H,15,16). The minimum absolute atomic E-state index is 0.334. The Kier molecular flexibility index (Phi) is 4.34. The van der Waals surface area contributed by atoms with E-state index < -0.39 is 0 Å². The number of aryl methyl sites for hydroxylation is 2. The molecule has 0 aliphatic carbocycles. The second-order valence-corrected chi connectivity index (χ2v) is 4.26. The van der Waals surface area contributed by atoms with E-state index in [9.17, 15) is 4.79 Å². The van der Waals surface area contributed by atoms with E-state index in [2.05, 4.69) is 15.4 Å². The maximum absolute atomic E-state index is 11.9. The SMILES string of the molecule is CCOC(=O)c1cccnc1Nc1cn(C)nc1CC. The van der Waals surface area contributed by atoms with Gasteiger partial charge in [0, 0.05) is 19.4 Å². The van der Waals surface area contributed by atoms with Crippen LogP contribution in [0.1, 0.15) is 29.9 Å². The zero-order chi connectivity index (χ0) is 14.5. The summed E-state index contributed by atoms with van der Waals surface area (Å²) in [5.41, 5.74) is 2.19. The third-order valence-electron chi connectivity index (χ3n) is 2.80. The molecule has 0 amide bonds. The molecular weight excluding hydrogens is 256 g/mol. The smallest absolute Gasteiger partial charge is 0.341 e. The Labute approximate surface area is 117 Å². The van der Waals surface area contributed by atoms with Gasteiger partial charge >= 0.3 is 5.97 Å². The molecule has 1 N–H and O–H groups in total. The number of carbonyl (C=O) groups is 1. The number of nitrogens with one attached hydrogen (secondary N) is 1. The highest BCUT2D eigenvalue weighted by molar-refractivity contribution is 5.95. The Balaban J connectivity index is 2.31. The molecule has 0 saturated heterocycles. The highest BCUT2D eigenvalue weighted by Crippen LogP contribution is 2.22. The molecule has 0 bridgehead atoms. The van der Waals surface area contributed by atoms with E-state index in [1.807, 2.05) is 20.2 Å². The minimum atomic E-state index is -0.384. The highest BCUT2D eigenvalue weighted by atomic mass is 16.5. The van der Waals surface area contributed by atoms with Crippen molar-refractivity contribution in [1.29, 1.82) is 0 Å². The molecule has 2 heterocycles. The van der Waals surface area contributed by atoms with Crippen molar-refractivity contribution in [2.75, 3.05) is 11.9 Å². The third-order valence-corrected chi connectivity index (χ3v) is 2.80. The Morgan fingerprint density at radius 2 is 2.25 bits per heavy atom. The lowest BCUT2D eigenvalue weighted by Gasteiger charge is -2.09. The summed E-state index contributed by atoms with van der Waals surface area (Å²) in [6.45, 7) is 4.14. The van der Waals surface area contributed by atoms with Crippen LogP contribution >= 0.6 is 0 Å². The van der Waals surface area contributed by atoms with E-state index in [-0.39, 0.29) is 5.97 Å². The van der Waals surface area contributed by atoms with Crippen LogP contribution in [0.15, 0.2) is 24.5 Å². The maximum atomic E-state index is 11.9. The number of hydrogen-bond acceptors (Lipinski definition) is 5. The molecule has 0 aliphatic heterocycles. The van der Waals surface area contributed by atoms with E-state index in [0.29, 0.717) is 18.0 Å². The van der Waals surface area contributed by atoms with Crippen LogP contribution in [-0.4, -0.2) is 27.3 Å². The minimum Gasteiger partial charge on any atom is -0.462 e. The normalized spacial score (nSPS) is 10.3. The van der Waals surface area contributed by atoms with Gasteiger partial charge in [0.15, 0.2) is 0 Å². The van der Waals surface area contributed by atoms with Crippen molar-refractivity contribution in [3.63, 3.8) is 0 Å². The molecular formula is C14H18N4O2. The zero-order valence-electron chi connectivity index (χ0n) is 11.9. The zero-order valence-corrected chi connectivity index (χ0v) is 11.9. The van der Waals surface area contributed by atoms with Gasteiger partial charge in [-0.2, -0.15) is 5.10 Å². The van der Waals surface area contributed by atoms with E-state index in [1.165, 1.54) is 0 Å². The fourth-order valence-corrected chi connectivity index (χ4v) is 1.91. The summed E-state index contributed by atoms with van der Waals surface area (Å²) in [6.07, 6.45) is 4.29. The molecule has 106 valence electrons. The first-order valence-corrected chi connectivity index (χ1v) is 6.57. The second-order valence-electron chi connectivity index (χ2n) is 4.26. The highest BCUT2D eigenvalue weighted by Gasteiger charge is 2.15. The molecule has 0 saturated carbocycles. The number of hydrogen-bond donors (Lipinski definition) is 1. The third kappa shape index (κ3) is 2.96. The van der Waals surface area contributed by atoms with Gasteiger partial charge in [-0.25, -0.2) is 9.78 Å². The molecule has 0 aromatic carbocycles. The van der Waals surface area contributed by atoms with E-state index >= 15 is 0 Å². The van der Waals surface area contributed by atoms with E-state index in [1.54, 1.807) is 29.9 Å². The van der Waals surface area contributed by atoms with Crippen LogP contribution in [0.2, 0.25) is 0 Å². The number of anilines is 2. The first-order valence-electron chi connectivity index (χ1n) is 6.57. The van der Waals surface area contributed by atoms with Gasteiger partial charge in [0.25, 0.3) is 0 Å². The molecule has 6 heteroatoms. The number of rotatable bonds is 5. The molecule has 0 fully saturated rings. The predicted octanol–water partition coefficient (Wildman–Crippen LogP) is 2.30. The van der Waals surface area contributed by atoms with Gasteiger partial charge in [-0.15, -0.1) is 0 Å². The molecule has 2 aromatic rings. The van der Waals surface area contributed by atoms with Crippen LogP contribution < -0.4 is 5.32 Å². The Bertz CT molecular complexity index is 607. The van der Waals surface area contributed by atoms with Gasteiger partial charge in [-0.05, 0) is 25.5 Å². The summed E-state index contributed by atoms with van der Waals surface area (Å²) < 4.78 is 6.76. The fourth-order valence-electron chi connectivity index (χ4n) is 1.91. The summed E-state index contributed by atoms with van der Waals surface area (Å²) in [6, 6.07) is 3.40. The molecule has 0 radical (unpaired) electrons. The summed E-state index contributed by atoms with van der Waals surface area (Å²) in [7, 11) is 1.86. The van der Waals surface area contributed by atoms with Crippen molar-refractivity contribution in [2.24, 2.45) is 7.05 Å².